The Morgan fingerprint density at radius 1 is 1.71 bits per heavy atom. The lowest BCUT2D eigenvalue weighted by atomic mass is 10.1. The number of Topliss-reactive ketones (excluding diaryl/α,β-unsaturated/α-hetero) is 1. The molecule has 1 aromatic rings. The van der Waals surface area contributed by atoms with Crippen molar-refractivity contribution in [3.05, 3.63) is 23.5 Å². The standard InChI is InChI=1S/C9H11FNO2P/c1-5(12)7-8(13)6(3-4-11-7)9(2,10)14/h3-4,13H,14H2,1-2H3. The van der Waals surface area contributed by atoms with E-state index in [2.05, 4.69) is 4.98 Å². The van der Waals surface area contributed by atoms with Crippen LogP contribution in [0.1, 0.15) is 29.9 Å². The molecule has 0 aliphatic rings. The van der Waals surface area contributed by atoms with Gasteiger partial charge in [0.1, 0.15) is 11.1 Å². The lowest BCUT2D eigenvalue weighted by molar-refractivity contribution is 0.101. The number of alkyl halides is 1. The van der Waals surface area contributed by atoms with Crippen LogP contribution in [0.2, 0.25) is 0 Å². The number of nitrogens with zero attached hydrogens (tertiary/aromatic N) is 1. The van der Waals surface area contributed by atoms with Gasteiger partial charge in [-0.1, -0.05) is 9.24 Å². The van der Waals surface area contributed by atoms with Crippen LogP contribution in [0.15, 0.2) is 12.3 Å². The molecule has 0 amide bonds. The van der Waals surface area contributed by atoms with Crippen LogP contribution >= 0.6 is 9.24 Å². The van der Waals surface area contributed by atoms with Gasteiger partial charge >= 0.3 is 0 Å². The number of ketones is 1. The van der Waals surface area contributed by atoms with E-state index in [1.807, 2.05) is 9.24 Å². The predicted molar refractivity (Wildman–Crippen MR) is 54.1 cm³/mol. The molecule has 0 aliphatic heterocycles. The van der Waals surface area contributed by atoms with Crippen molar-refractivity contribution < 1.29 is 14.3 Å². The topological polar surface area (TPSA) is 50.2 Å². The lowest BCUT2D eigenvalue weighted by Gasteiger charge is -2.16. The van der Waals surface area contributed by atoms with Gasteiger partial charge in [0.2, 0.25) is 0 Å². The monoisotopic (exact) mass is 215 g/mol. The molecule has 1 N–H and O–H groups in total. The summed E-state index contributed by atoms with van der Waals surface area (Å²) in [5.41, 5.74) is -0.0588. The highest BCUT2D eigenvalue weighted by molar-refractivity contribution is 7.18. The van der Waals surface area contributed by atoms with Crippen LogP contribution in [0.25, 0.3) is 0 Å². The number of hydrogen-bond acceptors (Lipinski definition) is 3. The minimum atomic E-state index is -1.77. The van der Waals surface area contributed by atoms with Gasteiger partial charge in [-0.3, -0.25) is 4.79 Å². The number of hydrogen-bond donors (Lipinski definition) is 1. The number of aromatic nitrogens is 1. The highest BCUT2D eigenvalue weighted by Crippen LogP contribution is 2.38. The molecular formula is C9H11FNO2P. The summed E-state index contributed by atoms with van der Waals surface area (Å²) in [5.74, 6) is -0.779. The van der Waals surface area contributed by atoms with Gasteiger partial charge in [0.15, 0.2) is 11.5 Å². The van der Waals surface area contributed by atoms with Crippen molar-refractivity contribution in [2.75, 3.05) is 0 Å². The third kappa shape index (κ3) is 2.07. The average Bonchev–Trinajstić information content (AvgIpc) is 2.01. The molecule has 1 heterocycles. The summed E-state index contributed by atoms with van der Waals surface area (Å²) in [6, 6.07) is 1.34. The zero-order chi connectivity index (χ0) is 10.9. The van der Waals surface area contributed by atoms with E-state index in [9.17, 15) is 14.3 Å². The Morgan fingerprint density at radius 2 is 2.29 bits per heavy atom. The van der Waals surface area contributed by atoms with Gasteiger partial charge in [-0.05, 0) is 13.0 Å². The van der Waals surface area contributed by atoms with Gasteiger partial charge in [0, 0.05) is 18.7 Å². The van der Waals surface area contributed by atoms with E-state index >= 15 is 0 Å². The SMILES string of the molecule is CC(=O)c1nccc(C(C)(F)P)c1O. The molecule has 5 heteroatoms. The quantitative estimate of drug-likeness (QED) is 0.606. The normalized spacial score (nSPS) is 14.9. The maximum Gasteiger partial charge on any atom is 0.181 e. The molecule has 0 bridgehead atoms. The Bertz CT molecular complexity index is 374. The Labute approximate surface area is 83.6 Å². The van der Waals surface area contributed by atoms with E-state index in [1.54, 1.807) is 0 Å². The summed E-state index contributed by atoms with van der Waals surface area (Å²) in [7, 11) is 1.95. The van der Waals surface area contributed by atoms with E-state index in [-0.39, 0.29) is 17.0 Å². The molecule has 0 saturated carbocycles. The fraction of sp³-hybridized carbons (Fsp3) is 0.333. The van der Waals surface area contributed by atoms with E-state index in [0.717, 1.165) is 0 Å². The Morgan fingerprint density at radius 3 is 2.71 bits per heavy atom. The fourth-order valence-corrected chi connectivity index (χ4v) is 1.34. The third-order valence-electron chi connectivity index (χ3n) is 1.78. The number of carbonyl (C=O) groups is 1. The minimum absolute atomic E-state index is 0.0442. The molecular weight excluding hydrogens is 204 g/mol. The van der Waals surface area contributed by atoms with Crippen LogP contribution in [0.3, 0.4) is 0 Å². The van der Waals surface area contributed by atoms with Crippen LogP contribution in [-0.2, 0) is 5.41 Å². The number of carbonyl (C=O) groups excluding carboxylic acids is 1. The van der Waals surface area contributed by atoms with Crippen LogP contribution in [0.5, 0.6) is 5.75 Å². The van der Waals surface area contributed by atoms with Gasteiger partial charge in [0.05, 0.1) is 0 Å². The maximum atomic E-state index is 13.5. The molecule has 0 fully saturated rings. The first-order valence-corrected chi connectivity index (χ1v) is 4.59. The number of rotatable bonds is 2. The molecule has 0 radical (unpaired) electrons. The molecule has 1 rings (SSSR count). The van der Waals surface area contributed by atoms with Crippen molar-refractivity contribution in [2.24, 2.45) is 0 Å². The molecule has 0 aliphatic carbocycles. The minimum Gasteiger partial charge on any atom is -0.505 e. The van der Waals surface area contributed by atoms with Crippen LogP contribution in [0, 0.1) is 0 Å². The summed E-state index contributed by atoms with van der Waals surface area (Å²) in [6.45, 7) is 2.54. The number of pyridine rings is 1. The molecule has 1 aromatic heterocycles. The van der Waals surface area contributed by atoms with Gasteiger partial charge in [0.25, 0.3) is 0 Å². The first-order chi connectivity index (χ1) is 6.34. The molecule has 0 spiro atoms. The van der Waals surface area contributed by atoms with Crippen molar-refractivity contribution in [2.45, 2.75) is 19.3 Å². The first kappa shape index (κ1) is 11.1. The van der Waals surface area contributed by atoms with Crippen molar-refractivity contribution in [1.29, 1.82) is 0 Å². The zero-order valence-corrected chi connectivity index (χ0v) is 9.07. The summed E-state index contributed by atoms with van der Waals surface area (Å²) in [5, 5.41) is 7.79. The second-order valence-corrected chi connectivity index (χ2v) is 4.27. The van der Waals surface area contributed by atoms with E-state index in [0.29, 0.717) is 0 Å². The van der Waals surface area contributed by atoms with Gasteiger partial charge < -0.3 is 5.11 Å². The summed E-state index contributed by atoms with van der Waals surface area (Å²) in [4.78, 5) is 14.7. The molecule has 76 valence electrons. The van der Waals surface area contributed by atoms with Crippen molar-refractivity contribution in [1.82, 2.24) is 4.98 Å². The second kappa shape index (κ2) is 3.62. The summed E-state index contributed by atoms with van der Waals surface area (Å²) in [6.07, 6.45) is 1.30. The maximum absolute atomic E-state index is 13.5. The molecule has 2 unspecified atom stereocenters. The highest BCUT2D eigenvalue weighted by atomic mass is 31.0. The highest BCUT2D eigenvalue weighted by Gasteiger charge is 2.25. The zero-order valence-electron chi connectivity index (χ0n) is 7.91. The Hall–Kier alpha value is -1.02. The summed E-state index contributed by atoms with van der Waals surface area (Å²) >= 11 is 0. The van der Waals surface area contributed by atoms with Crippen molar-refractivity contribution in [3.63, 3.8) is 0 Å². The Balaban J connectivity index is 3.35. The van der Waals surface area contributed by atoms with Crippen LogP contribution in [-0.4, -0.2) is 15.9 Å². The van der Waals surface area contributed by atoms with Gasteiger partial charge in [-0.2, -0.15) is 0 Å². The van der Waals surface area contributed by atoms with Crippen LogP contribution in [0.4, 0.5) is 4.39 Å². The first-order valence-electron chi connectivity index (χ1n) is 4.01. The van der Waals surface area contributed by atoms with Gasteiger partial charge in [-0.25, -0.2) is 9.37 Å². The van der Waals surface area contributed by atoms with Crippen molar-refractivity contribution >= 4 is 15.0 Å². The molecule has 3 nitrogen and oxygen atoms in total. The number of aromatic hydroxyl groups is 1. The fourth-order valence-electron chi connectivity index (χ4n) is 1.11. The largest absolute Gasteiger partial charge is 0.505 e. The van der Waals surface area contributed by atoms with E-state index in [4.69, 9.17) is 0 Å². The molecule has 0 aromatic carbocycles. The van der Waals surface area contributed by atoms with Crippen LogP contribution < -0.4 is 0 Å². The molecule has 2 atom stereocenters. The smallest absolute Gasteiger partial charge is 0.181 e. The number of halogens is 1. The average molecular weight is 215 g/mol. The lowest BCUT2D eigenvalue weighted by Crippen LogP contribution is -2.08. The Kier molecular flexibility index (Phi) is 2.86. The molecule has 14 heavy (non-hydrogen) atoms. The van der Waals surface area contributed by atoms with E-state index < -0.39 is 11.2 Å². The molecule has 0 saturated heterocycles. The van der Waals surface area contributed by atoms with Gasteiger partial charge in [-0.15, -0.1) is 0 Å². The van der Waals surface area contributed by atoms with Crippen molar-refractivity contribution in [3.8, 4) is 5.75 Å². The predicted octanol–water partition coefficient (Wildman–Crippen LogP) is 2.01. The second-order valence-electron chi connectivity index (χ2n) is 3.19. The third-order valence-corrected chi connectivity index (χ3v) is 2.10. The van der Waals surface area contributed by atoms with E-state index in [1.165, 1.54) is 26.1 Å². The summed E-state index contributed by atoms with van der Waals surface area (Å²) < 4.78 is 13.5.